The molecule has 3 aromatic rings. The minimum Gasteiger partial charge on any atom is -0.394 e. The molecule has 0 spiro atoms. The summed E-state index contributed by atoms with van der Waals surface area (Å²) < 4.78 is 27.4. The van der Waals surface area contributed by atoms with E-state index < -0.39 is 60.9 Å². The number of ether oxygens (including phenoxy) is 2. The number of hydrogen-bond acceptors (Lipinski definition) is 10. The van der Waals surface area contributed by atoms with Crippen molar-refractivity contribution in [2.45, 2.75) is 75.2 Å². The molecule has 12 nitrogen and oxygen atoms in total. The zero-order valence-electron chi connectivity index (χ0n) is 24.2. The molecular weight excluding hydrogens is 571 g/mol. The molecule has 2 aromatic carbocycles. The second kappa shape index (κ2) is 13.2. The molecule has 230 valence electrons. The Labute approximate surface area is 253 Å². The highest BCUT2D eigenvalue weighted by atomic mass is 19.1. The standard InChI is InChI=1S/C31H33FN6O6/c1-17-9-18(13-33)11-21(10-17)38(24-5-3-4-6-25(24)40)31(42)30-29(43-2)27(28(41)26(16-39)44-30)37-15-23(35-36-37)19-7-8-20(14-34)22(32)12-19/h7-12,15,24-30,39-41H,3-6,16H2,1-2H3/t24-,25-,26+,27-,28-,29+,30+/m0/s1. The van der Waals surface area contributed by atoms with Crippen molar-refractivity contribution in [3.05, 3.63) is 65.1 Å². The lowest BCUT2D eigenvalue weighted by atomic mass is 9.88. The van der Waals surface area contributed by atoms with E-state index in [9.17, 15) is 29.8 Å². The fourth-order valence-electron chi connectivity index (χ4n) is 6.16. The van der Waals surface area contributed by atoms with E-state index >= 15 is 0 Å². The molecule has 0 unspecified atom stereocenters. The number of methoxy groups -OCH3 is 1. The van der Waals surface area contributed by atoms with Crippen LogP contribution in [-0.2, 0) is 14.3 Å². The fourth-order valence-corrected chi connectivity index (χ4v) is 6.16. The van der Waals surface area contributed by atoms with E-state index in [1.165, 1.54) is 35.0 Å². The van der Waals surface area contributed by atoms with Gasteiger partial charge in [0.05, 0.1) is 42.1 Å². The molecule has 1 aliphatic heterocycles. The lowest BCUT2D eigenvalue weighted by Gasteiger charge is -2.46. The van der Waals surface area contributed by atoms with E-state index in [-0.39, 0.29) is 11.3 Å². The van der Waals surface area contributed by atoms with Crippen LogP contribution in [0.4, 0.5) is 10.1 Å². The van der Waals surface area contributed by atoms with Crippen LogP contribution in [0.1, 0.15) is 48.4 Å². The van der Waals surface area contributed by atoms with Crippen LogP contribution in [0.3, 0.4) is 0 Å². The lowest BCUT2D eigenvalue weighted by molar-refractivity contribution is -0.211. The summed E-state index contributed by atoms with van der Waals surface area (Å²) in [4.78, 5) is 16.0. The monoisotopic (exact) mass is 604 g/mol. The fraction of sp³-hybridized carbons (Fsp3) is 0.452. The van der Waals surface area contributed by atoms with E-state index in [4.69, 9.17) is 14.7 Å². The molecule has 3 N–H and O–H groups in total. The Hall–Kier alpha value is -4.24. The van der Waals surface area contributed by atoms with Gasteiger partial charge in [0.15, 0.2) is 6.10 Å². The van der Waals surface area contributed by atoms with Gasteiger partial charge in [-0.1, -0.05) is 24.1 Å². The number of aliphatic hydroxyl groups excluding tert-OH is 3. The summed E-state index contributed by atoms with van der Waals surface area (Å²) in [5.41, 5.74) is 1.93. The number of aromatic nitrogens is 3. The molecule has 5 rings (SSSR count). The van der Waals surface area contributed by atoms with Crippen molar-refractivity contribution in [3.63, 3.8) is 0 Å². The predicted molar refractivity (Wildman–Crippen MR) is 153 cm³/mol. The smallest absolute Gasteiger partial charge is 0.259 e. The number of aliphatic hydroxyl groups is 3. The zero-order valence-corrected chi connectivity index (χ0v) is 24.2. The summed E-state index contributed by atoms with van der Waals surface area (Å²) in [5.74, 6) is -1.31. The first-order valence-electron chi connectivity index (χ1n) is 14.3. The van der Waals surface area contributed by atoms with Gasteiger partial charge < -0.3 is 29.7 Å². The number of carbonyl (C=O) groups is 1. The topological polar surface area (TPSA) is 178 Å². The highest BCUT2D eigenvalue weighted by Gasteiger charge is 2.52. The molecule has 1 saturated carbocycles. The largest absolute Gasteiger partial charge is 0.394 e. The average Bonchev–Trinajstić information content (AvgIpc) is 3.51. The molecule has 7 atom stereocenters. The Morgan fingerprint density at radius 2 is 1.95 bits per heavy atom. The van der Waals surface area contributed by atoms with Crippen molar-refractivity contribution in [1.29, 1.82) is 10.5 Å². The van der Waals surface area contributed by atoms with Gasteiger partial charge in [0.2, 0.25) is 0 Å². The Kier molecular flexibility index (Phi) is 9.34. The minimum atomic E-state index is -1.39. The third-order valence-electron chi connectivity index (χ3n) is 8.32. The van der Waals surface area contributed by atoms with Gasteiger partial charge in [0.25, 0.3) is 5.91 Å². The molecule has 2 heterocycles. The maximum Gasteiger partial charge on any atom is 0.259 e. The molecule has 13 heteroatoms. The Morgan fingerprint density at radius 1 is 1.18 bits per heavy atom. The van der Waals surface area contributed by atoms with Gasteiger partial charge in [-0.2, -0.15) is 10.5 Å². The number of anilines is 1. The van der Waals surface area contributed by atoms with Crippen LogP contribution in [0.5, 0.6) is 0 Å². The van der Waals surface area contributed by atoms with Gasteiger partial charge >= 0.3 is 0 Å². The number of halogens is 1. The van der Waals surface area contributed by atoms with E-state index in [1.54, 1.807) is 31.2 Å². The lowest BCUT2D eigenvalue weighted by Crippen LogP contribution is -2.63. The second-order valence-electron chi connectivity index (χ2n) is 11.1. The zero-order chi connectivity index (χ0) is 31.5. The van der Waals surface area contributed by atoms with Crippen molar-refractivity contribution in [2.24, 2.45) is 0 Å². The minimum absolute atomic E-state index is 0.129. The van der Waals surface area contributed by atoms with Gasteiger partial charge in [-0.15, -0.1) is 5.10 Å². The van der Waals surface area contributed by atoms with E-state index in [0.717, 1.165) is 24.5 Å². The van der Waals surface area contributed by atoms with Gasteiger partial charge in [-0.05, 0) is 55.7 Å². The third kappa shape index (κ3) is 5.93. The molecule has 0 bridgehead atoms. The van der Waals surface area contributed by atoms with E-state index in [1.807, 2.05) is 0 Å². The number of carbonyl (C=O) groups excluding carboxylic acids is 1. The molecule has 1 aromatic heterocycles. The quantitative estimate of drug-likeness (QED) is 0.362. The number of benzene rings is 2. The number of rotatable bonds is 7. The molecule has 0 radical (unpaired) electrons. The normalized spacial score (nSPS) is 26.9. The molecule has 1 amide bonds. The first-order chi connectivity index (χ1) is 21.2. The first-order valence-corrected chi connectivity index (χ1v) is 14.3. The number of nitrogens with zero attached hydrogens (tertiary/aromatic N) is 6. The van der Waals surface area contributed by atoms with Crippen LogP contribution in [0.2, 0.25) is 0 Å². The molecule has 2 aliphatic rings. The van der Waals surface area contributed by atoms with E-state index in [2.05, 4.69) is 16.4 Å². The maximum absolute atomic E-state index is 14.5. The van der Waals surface area contributed by atoms with E-state index in [0.29, 0.717) is 29.7 Å². The molecule has 1 saturated heterocycles. The van der Waals surface area contributed by atoms with Gasteiger partial charge in [0.1, 0.15) is 41.9 Å². The van der Waals surface area contributed by atoms with Gasteiger partial charge in [-0.3, -0.25) is 4.79 Å². The summed E-state index contributed by atoms with van der Waals surface area (Å²) in [7, 11) is 1.35. The number of hydrogen-bond donors (Lipinski definition) is 3. The molecule has 2 fully saturated rings. The van der Waals surface area contributed by atoms with Gasteiger partial charge in [-0.25, -0.2) is 9.07 Å². The van der Waals surface area contributed by atoms with Crippen LogP contribution in [0.15, 0.2) is 42.6 Å². The highest BCUT2D eigenvalue weighted by Crippen LogP contribution is 2.37. The Balaban J connectivity index is 1.55. The summed E-state index contributed by atoms with van der Waals surface area (Å²) in [5, 5.41) is 59.4. The number of aryl methyl sites for hydroxylation is 1. The SMILES string of the molecule is CO[C@@H]1[C@@H](n2cc(-c3ccc(C#N)c(F)c3)nn2)[C@@H](O)[C@@H](CO)O[C@H]1C(=O)N(c1cc(C)cc(C#N)c1)[C@H]1CCCC[C@@H]1O. The van der Waals surface area contributed by atoms with Crippen LogP contribution in [0, 0.1) is 35.4 Å². The molecule has 1 aliphatic carbocycles. The summed E-state index contributed by atoms with van der Waals surface area (Å²) in [6, 6.07) is 11.2. The summed E-state index contributed by atoms with van der Waals surface area (Å²) >= 11 is 0. The average molecular weight is 605 g/mol. The predicted octanol–water partition coefficient (Wildman–Crippen LogP) is 2.15. The van der Waals surface area contributed by atoms with Crippen molar-refractivity contribution in [3.8, 4) is 23.4 Å². The van der Waals surface area contributed by atoms with Crippen molar-refractivity contribution in [2.75, 3.05) is 18.6 Å². The van der Waals surface area contributed by atoms with Crippen LogP contribution in [-0.4, -0.2) is 86.5 Å². The summed E-state index contributed by atoms with van der Waals surface area (Å²) in [6.45, 7) is 1.17. The summed E-state index contributed by atoms with van der Waals surface area (Å²) in [6.07, 6.45) is -1.92. The van der Waals surface area contributed by atoms with Gasteiger partial charge in [0, 0.05) is 18.4 Å². The Bertz CT molecular complexity index is 1600. The number of nitriles is 2. The molecular formula is C31H33FN6O6. The number of amides is 1. The Morgan fingerprint density at radius 3 is 2.61 bits per heavy atom. The van der Waals surface area contributed by atoms with Crippen molar-refractivity contribution in [1.82, 2.24) is 15.0 Å². The van der Waals surface area contributed by atoms with Crippen LogP contribution >= 0.6 is 0 Å². The van der Waals surface area contributed by atoms with Crippen LogP contribution < -0.4 is 4.90 Å². The van der Waals surface area contributed by atoms with Crippen molar-refractivity contribution < 1.29 is 34.0 Å². The third-order valence-corrected chi connectivity index (χ3v) is 8.32. The molecule has 44 heavy (non-hydrogen) atoms. The maximum atomic E-state index is 14.5. The first kappa shape index (κ1) is 31.2. The second-order valence-corrected chi connectivity index (χ2v) is 11.1. The van der Waals surface area contributed by atoms with Crippen LogP contribution in [0.25, 0.3) is 11.3 Å². The van der Waals surface area contributed by atoms with Crippen molar-refractivity contribution >= 4 is 11.6 Å². The highest BCUT2D eigenvalue weighted by molar-refractivity contribution is 5.98.